The van der Waals surface area contributed by atoms with Crippen molar-refractivity contribution in [1.29, 1.82) is 0 Å². The second kappa shape index (κ2) is 12.7. The molecule has 1 aliphatic heterocycles. The fraction of sp³-hybridized carbons (Fsp3) is 0.417. The number of halogens is 2. The molecule has 0 atom stereocenters. The van der Waals surface area contributed by atoms with Crippen LogP contribution >= 0.6 is 23.2 Å². The van der Waals surface area contributed by atoms with Crippen molar-refractivity contribution in [2.24, 2.45) is 0 Å². The van der Waals surface area contributed by atoms with Crippen LogP contribution in [0.5, 0.6) is 0 Å². The normalized spacial score (nSPS) is 13.7. The van der Waals surface area contributed by atoms with E-state index in [1.807, 2.05) is 24.3 Å². The van der Waals surface area contributed by atoms with Crippen molar-refractivity contribution < 1.29 is 9.59 Å². The molecule has 0 unspecified atom stereocenters. The van der Waals surface area contributed by atoms with Crippen LogP contribution in [0.3, 0.4) is 0 Å². The monoisotopic (exact) mass is 476 g/mol. The highest BCUT2D eigenvalue weighted by Crippen LogP contribution is 2.18. The molecule has 6 nitrogen and oxygen atoms in total. The minimum atomic E-state index is -0.0954. The van der Waals surface area contributed by atoms with E-state index < -0.39 is 0 Å². The molecular formula is C24H30Cl2N4O2. The van der Waals surface area contributed by atoms with E-state index in [0.717, 1.165) is 56.0 Å². The van der Waals surface area contributed by atoms with Gasteiger partial charge in [-0.3, -0.25) is 14.5 Å². The van der Waals surface area contributed by atoms with Crippen LogP contribution in [-0.4, -0.2) is 61.2 Å². The molecule has 1 saturated heterocycles. The molecule has 0 spiro atoms. The molecule has 0 radical (unpaired) electrons. The Balaban J connectivity index is 1.47. The van der Waals surface area contributed by atoms with Gasteiger partial charge >= 0.3 is 0 Å². The summed E-state index contributed by atoms with van der Waals surface area (Å²) in [6.07, 6.45) is 2.60. The quantitative estimate of drug-likeness (QED) is 0.477. The average molecular weight is 477 g/mol. The second-order valence-electron chi connectivity index (χ2n) is 7.87. The summed E-state index contributed by atoms with van der Waals surface area (Å²) in [5.41, 5.74) is 3.38. The zero-order valence-electron chi connectivity index (χ0n) is 18.2. The lowest BCUT2D eigenvalue weighted by atomic mass is 10.1. The van der Waals surface area contributed by atoms with E-state index in [0.29, 0.717) is 24.0 Å². The number of carbonyl (C=O) groups is 2. The summed E-state index contributed by atoms with van der Waals surface area (Å²) in [4.78, 5) is 28.8. The topological polar surface area (TPSA) is 64.7 Å². The SMILES string of the molecule is O=C(Cc1ccc(N(CCCl)CCCl)cc1)Nc1ccc(NC(=O)CN2CCCC2)cc1. The Hall–Kier alpha value is -2.28. The number of nitrogens with one attached hydrogen (secondary N) is 2. The predicted molar refractivity (Wildman–Crippen MR) is 133 cm³/mol. The number of likely N-dealkylation sites (tertiary alicyclic amines) is 1. The number of benzene rings is 2. The maximum Gasteiger partial charge on any atom is 0.238 e. The van der Waals surface area contributed by atoms with Crippen LogP contribution < -0.4 is 15.5 Å². The highest BCUT2D eigenvalue weighted by Gasteiger charge is 2.15. The highest BCUT2D eigenvalue weighted by molar-refractivity contribution is 6.18. The Morgan fingerprint density at radius 3 is 1.88 bits per heavy atom. The largest absolute Gasteiger partial charge is 0.369 e. The van der Waals surface area contributed by atoms with Gasteiger partial charge in [-0.25, -0.2) is 0 Å². The van der Waals surface area contributed by atoms with Crippen LogP contribution in [0.2, 0.25) is 0 Å². The van der Waals surface area contributed by atoms with Crippen molar-refractivity contribution in [2.75, 3.05) is 60.0 Å². The summed E-state index contributed by atoms with van der Waals surface area (Å²) in [6, 6.07) is 15.1. The van der Waals surface area contributed by atoms with Gasteiger partial charge in [0, 0.05) is 41.9 Å². The number of hydrogen-bond donors (Lipinski definition) is 2. The summed E-state index contributed by atoms with van der Waals surface area (Å²) in [6.45, 7) is 3.85. The fourth-order valence-corrected chi connectivity index (χ4v) is 4.18. The van der Waals surface area contributed by atoms with Crippen molar-refractivity contribution in [2.45, 2.75) is 19.3 Å². The Labute approximate surface area is 199 Å². The van der Waals surface area contributed by atoms with Gasteiger partial charge < -0.3 is 15.5 Å². The van der Waals surface area contributed by atoms with Crippen LogP contribution in [0.25, 0.3) is 0 Å². The minimum absolute atomic E-state index is 0.0113. The molecule has 0 bridgehead atoms. The third kappa shape index (κ3) is 7.69. The number of carbonyl (C=O) groups excluding carboxylic acids is 2. The van der Waals surface area contributed by atoms with Crippen molar-refractivity contribution in [3.8, 4) is 0 Å². The Bertz CT molecular complexity index is 863. The molecule has 2 N–H and O–H groups in total. The predicted octanol–water partition coefficient (Wildman–Crippen LogP) is 4.19. The van der Waals surface area contributed by atoms with E-state index in [1.54, 1.807) is 24.3 Å². The van der Waals surface area contributed by atoms with E-state index in [1.165, 1.54) is 0 Å². The minimum Gasteiger partial charge on any atom is -0.369 e. The number of hydrogen-bond acceptors (Lipinski definition) is 4. The van der Waals surface area contributed by atoms with Gasteiger partial charge in [-0.05, 0) is 67.9 Å². The number of alkyl halides is 2. The molecule has 1 aliphatic rings. The first-order valence-corrected chi connectivity index (χ1v) is 12.0. The maximum absolute atomic E-state index is 12.4. The summed E-state index contributed by atoms with van der Waals surface area (Å²) < 4.78 is 0. The number of amides is 2. The van der Waals surface area contributed by atoms with E-state index in [9.17, 15) is 9.59 Å². The van der Waals surface area contributed by atoms with Gasteiger partial charge in [0.2, 0.25) is 11.8 Å². The van der Waals surface area contributed by atoms with Gasteiger partial charge in [0.15, 0.2) is 0 Å². The molecular weight excluding hydrogens is 447 g/mol. The van der Waals surface area contributed by atoms with Gasteiger partial charge in [0.05, 0.1) is 13.0 Å². The van der Waals surface area contributed by atoms with E-state index in [2.05, 4.69) is 20.4 Å². The number of rotatable bonds is 11. The molecule has 172 valence electrons. The lowest BCUT2D eigenvalue weighted by Gasteiger charge is -2.23. The van der Waals surface area contributed by atoms with E-state index in [-0.39, 0.29) is 18.2 Å². The molecule has 2 amide bonds. The Morgan fingerprint density at radius 2 is 1.34 bits per heavy atom. The van der Waals surface area contributed by atoms with Crippen LogP contribution in [0.15, 0.2) is 48.5 Å². The van der Waals surface area contributed by atoms with Crippen LogP contribution in [0.4, 0.5) is 17.1 Å². The molecule has 2 aromatic rings. The summed E-state index contributed by atoms with van der Waals surface area (Å²) in [5, 5.41) is 5.81. The zero-order chi connectivity index (χ0) is 22.8. The molecule has 0 saturated carbocycles. The second-order valence-corrected chi connectivity index (χ2v) is 8.62. The molecule has 0 aromatic heterocycles. The van der Waals surface area contributed by atoms with Crippen molar-refractivity contribution in [3.63, 3.8) is 0 Å². The summed E-state index contributed by atoms with van der Waals surface area (Å²) >= 11 is 11.7. The number of anilines is 3. The van der Waals surface area contributed by atoms with E-state index in [4.69, 9.17) is 23.2 Å². The van der Waals surface area contributed by atoms with Gasteiger partial charge in [0.1, 0.15) is 0 Å². The molecule has 3 rings (SSSR count). The Morgan fingerprint density at radius 1 is 0.812 bits per heavy atom. The summed E-state index contributed by atoms with van der Waals surface area (Å²) in [5.74, 6) is 0.953. The maximum atomic E-state index is 12.4. The van der Waals surface area contributed by atoms with Crippen LogP contribution in [-0.2, 0) is 16.0 Å². The molecule has 1 heterocycles. The fourth-order valence-electron chi connectivity index (χ4n) is 3.77. The first-order chi connectivity index (χ1) is 15.6. The average Bonchev–Trinajstić information content (AvgIpc) is 3.28. The lowest BCUT2D eigenvalue weighted by Crippen LogP contribution is -2.30. The lowest BCUT2D eigenvalue weighted by molar-refractivity contribution is -0.117. The molecule has 0 aliphatic carbocycles. The third-order valence-corrected chi connectivity index (χ3v) is 5.73. The third-order valence-electron chi connectivity index (χ3n) is 5.39. The molecule has 8 heteroatoms. The van der Waals surface area contributed by atoms with Crippen molar-refractivity contribution in [1.82, 2.24) is 4.90 Å². The molecule has 32 heavy (non-hydrogen) atoms. The van der Waals surface area contributed by atoms with Crippen molar-refractivity contribution >= 4 is 52.1 Å². The smallest absolute Gasteiger partial charge is 0.238 e. The standard InChI is InChI=1S/C24H30Cl2N4O2/c25-11-15-30(16-12-26)22-9-3-19(4-10-22)17-23(31)27-20-5-7-21(8-6-20)28-24(32)18-29-13-1-2-14-29/h3-10H,1-2,11-18H2,(H,27,31)(H,28,32). The van der Waals surface area contributed by atoms with Crippen LogP contribution in [0.1, 0.15) is 18.4 Å². The zero-order valence-corrected chi connectivity index (χ0v) is 19.7. The van der Waals surface area contributed by atoms with Crippen LogP contribution in [0, 0.1) is 0 Å². The first-order valence-electron chi connectivity index (χ1n) is 11.0. The van der Waals surface area contributed by atoms with Crippen molar-refractivity contribution in [3.05, 3.63) is 54.1 Å². The Kier molecular flexibility index (Phi) is 9.65. The molecule has 1 fully saturated rings. The van der Waals surface area contributed by atoms with Gasteiger partial charge in [-0.2, -0.15) is 0 Å². The highest BCUT2D eigenvalue weighted by atomic mass is 35.5. The van der Waals surface area contributed by atoms with E-state index >= 15 is 0 Å². The first kappa shape index (κ1) is 24.4. The number of nitrogens with zero attached hydrogens (tertiary/aromatic N) is 2. The van der Waals surface area contributed by atoms with Gasteiger partial charge in [-0.15, -0.1) is 23.2 Å². The van der Waals surface area contributed by atoms with Gasteiger partial charge in [0.25, 0.3) is 0 Å². The summed E-state index contributed by atoms with van der Waals surface area (Å²) in [7, 11) is 0. The molecule has 2 aromatic carbocycles. The van der Waals surface area contributed by atoms with Gasteiger partial charge in [-0.1, -0.05) is 12.1 Å².